The van der Waals surface area contributed by atoms with E-state index in [0.717, 1.165) is 11.3 Å². The van der Waals surface area contributed by atoms with Gasteiger partial charge in [0.15, 0.2) is 0 Å². The number of thiophene rings is 1. The summed E-state index contributed by atoms with van der Waals surface area (Å²) >= 11 is 6.93. The van der Waals surface area contributed by atoms with Gasteiger partial charge in [0.1, 0.15) is 15.7 Å². The molecule has 0 amide bonds. The molecule has 0 unspecified atom stereocenters. The van der Waals surface area contributed by atoms with Crippen molar-refractivity contribution in [1.29, 1.82) is 0 Å². The van der Waals surface area contributed by atoms with Gasteiger partial charge in [0.05, 0.1) is 4.70 Å². The van der Waals surface area contributed by atoms with E-state index in [2.05, 4.69) is 4.98 Å². The first-order valence-corrected chi connectivity index (χ1v) is 4.86. The van der Waals surface area contributed by atoms with Crippen LogP contribution in [0.15, 0.2) is 12.3 Å². The largest absolute Gasteiger partial charge is 0.478 e. The molecule has 0 fully saturated rings. The van der Waals surface area contributed by atoms with Crippen LogP contribution in [0, 0.1) is 0 Å². The maximum absolute atomic E-state index is 10.9. The molecule has 0 aliphatic heterocycles. The van der Waals surface area contributed by atoms with E-state index in [0.29, 0.717) is 10.1 Å². The standard InChI is InChI=1S/C8H5ClN2O2S/c9-6-5-3(1-2-11-6)4(8(12)13)7(10)14-5/h1-2H,10H2,(H,12,13). The summed E-state index contributed by atoms with van der Waals surface area (Å²) in [6.45, 7) is 0. The Morgan fingerprint density at radius 1 is 1.64 bits per heavy atom. The number of aromatic nitrogens is 1. The van der Waals surface area contributed by atoms with Gasteiger partial charge in [0.2, 0.25) is 0 Å². The second kappa shape index (κ2) is 3.11. The predicted molar refractivity (Wildman–Crippen MR) is 56.0 cm³/mol. The number of nitrogens with two attached hydrogens (primary N) is 1. The molecule has 0 bridgehead atoms. The van der Waals surface area contributed by atoms with Gasteiger partial charge in [-0.2, -0.15) is 0 Å². The molecular weight excluding hydrogens is 224 g/mol. The number of hydrogen-bond acceptors (Lipinski definition) is 4. The molecule has 14 heavy (non-hydrogen) atoms. The van der Waals surface area contributed by atoms with Crippen molar-refractivity contribution < 1.29 is 9.90 Å². The number of carboxylic acids is 1. The molecule has 2 aromatic rings. The highest BCUT2D eigenvalue weighted by molar-refractivity contribution is 7.23. The van der Waals surface area contributed by atoms with Gasteiger partial charge in [-0.15, -0.1) is 11.3 Å². The van der Waals surface area contributed by atoms with E-state index < -0.39 is 5.97 Å². The van der Waals surface area contributed by atoms with Gasteiger partial charge in [-0.05, 0) is 6.07 Å². The van der Waals surface area contributed by atoms with Crippen molar-refractivity contribution in [3.8, 4) is 0 Å². The Morgan fingerprint density at radius 3 is 3.00 bits per heavy atom. The van der Waals surface area contributed by atoms with Crippen molar-refractivity contribution in [2.75, 3.05) is 5.73 Å². The van der Waals surface area contributed by atoms with Crippen molar-refractivity contribution in [2.45, 2.75) is 0 Å². The lowest BCUT2D eigenvalue weighted by Crippen LogP contribution is -1.98. The fourth-order valence-corrected chi connectivity index (χ4v) is 2.44. The monoisotopic (exact) mass is 228 g/mol. The third-order valence-corrected chi connectivity index (χ3v) is 3.24. The number of hydrogen-bond donors (Lipinski definition) is 2. The molecule has 4 nitrogen and oxygen atoms in total. The SMILES string of the molecule is Nc1sc2c(Cl)nccc2c1C(=O)O. The molecule has 0 aliphatic carbocycles. The fourth-order valence-electron chi connectivity index (χ4n) is 1.23. The van der Waals surface area contributed by atoms with Crippen LogP contribution in [0.2, 0.25) is 5.15 Å². The first-order chi connectivity index (χ1) is 6.61. The number of nitrogens with zero attached hydrogens (tertiary/aromatic N) is 1. The molecule has 0 radical (unpaired) electrons. The number of carboxylic acid groups (broad SMARTS) is 1. The smallest absolute Gasteiger partial charge is 0.339 e. The van der Waals surface area contributed by atoms with Crippen molar-refractivity contribution in [1.82, 2.24) is 4.98 Å². The summed E-state index contributed by atoms with van der Waals surface area (Å²) < 4.78 is 0.615. The van der Waals surface area contributed by atoms with E-state index in [9.17, 15) is 4.79 Å². The highest BCUT2D eigenvalue weighted by Crippen LogP contribution is 2.36. The average Bonchev–Trinajstić information content (AvgIpc) is 2.42. The molecule has 0 saturated carbocycles. The molecule has 2 aromatic heterocycles. The van der Waals surface area contributed by atoms with E-state index in [1.165, 1.54) is 6.20 Å². The van der Waals surface area contributed by atoms with E-state index in [4.69, 9.17) is 22.4 Å². The topological polar surface area (TPSA) is 76.2 Å². The first-order valence-electron chi connectivity index (χ1n) is 3.67. The first kappa shape index (κ1) is 9.23. The van der Waals surface area contributed by atoms with Gasteiger partial charge in [0, 0.05) is 11.6 Å². The summed E-state index contributed by atoms with van der Waals surface area (Å²) in [7, 11) is 0. The minimum Gasteiger partial charge on any atom is -0.478 e. The maximum atomic E-state index is 10.9. The Balaban J connectivity index is 2.90. The lowest BCUT2D eigenvalue weighted by Gasteiger charge is -1.93. The number of rotatable bonds is 1. The molecule has 2 heterocycles. The van der Waals surface area contributed by atoms with Crippen LogP contribution in [0.5, 0.6) is 0 Å². The third-order valence-electron chi connectivity index (χ3n) is 1.80. The van der Waals surface area contributed by atoms with Crippen LogP contribution >= 0.6 is 22.9 Å². The quantitative estimate of drug-likeness (QED) is 0.734. The fraction of sp³-hybridized carbons (Fsp3) is 0. The minimum absolute atomic E-state index is 0.106. The summed E-state index contributed by atoms with van der Waals surface area (Å²) in [5, 5.41) is 9.98. The molecule has 72 valence electrons. The van der Waals surface area contributed by atoms with Crippen LogP contribution in [0.3, 0.4) is 0 Å². The Hall–Kier alpha value is -1.33. The summed E-state index contributed by atoms with van der Waals surface area (Å²) in [6.07, 6.45) is 1.46. The number of halogens is 1. The zero-order chi connectivity index (χ0) is 10.3. The van der Waals surface area contributed by atoms with E-state index in [1.807, 2.05) is 0 Å². The Bertz CT molecular complexity index is 523. The van der Waals surface area contributed by atoms with Crippen molar-refractivity contribution >= 4 is 44.0 Å². The number of carbonyl (C=O) groups is 1. The number of pyridine rings is 1. The van der Waals surface area contributed by atoms with Gasteiger partial charge >= 0.3 is 5.97 Å². The Morgan fingerprint density at radius 2 is 2.36 bits per heavy atom. The van der Waals surface area contributed by atoms with Crippen molar-refractivity contribution in [3.05, 3.63) is 23.0 Å². The second-order valence-electron chi connectivity index (χ2n) is 2.62. The highest BCUT2D eigenvalue weighted by atomic mass is 35.5. The minimum atomic E-state index is -1.05. The van der Waals surface area contributed by atoms with E-state index in [-0.39, 0.29) is 15.7 Å². The second-order valence-corrected chi connectivity index (χ2v) is 4.04. The van der Waals surface area contributed by atoms with Crippen LogP contribution < -0.4 is 5.73 Å². The van der Waals surface area contributed by atoms with Crippen LogP contribution in [0.1, 0.15) is 10.4 Å². The van der Waals surface area contributed by atoms with E-state index >= 15 is 0 Å². The van der Waals surface area contributed by atoms with E-state index in [1.54, 1.807) is 6.07 Å². The van der Waals surface area contributed by atoms with Crippen LogP contribution in [-0.4, -0.2) is 16.1 Å². The maximum Gasteiger partial charge on any atom is 0.339 e. The molecule has 0 aromatic carbocycles. The lowest BCUT2D eigenvalue weighted by atomic mass is 10.2. The molecular formula is C8H5ClN2O2S. The van der Waals surface area contributed by atoms with Crippen LogP contribution in [0.25, 0.3) is 10.1 Å². The summed E-state index contributed by atoms with van der Waals surface area (Å²) in [4.78, 5) is 14.7. The van der Waals surface area contributed by atoms with Crippen LogP contribution in [-0.2, 0) is 0 Å². The molecule has 0 aliphatic rings. The summed E-state index contributed by atoms with van der Waals surface area (Å²) in [6, 6.07) is 1.59. The van der Waals surface area contributed by atoms with Gasteiger partial charge in [-0.1, -0.05) is 11.6 Å². The highest BCUT2D eigenvalue weighted by Gasteiger charge is 2.17. The normalized spacial score (nSPS) is 10.6. The van der Waals surface area contributed by atoms with Gasteiger partial charge in [-0.3, -0.25) is 0 Å². The molecule has 6 heteroatoms. The number of nitrogen functional groups attached to an aromatic ring is 1. The summed E-state index contributed by atoms with van der Waals surface area (Å²) in [5.74, 6) is -1.05. The molecule has 0 spiro atoms. The molecule has 0 atom stereocenters. The molecule has 0 saturated heterocycles. The van der Waals surface area contributed by atoms with Crippen LogP contribution in [0.4, 0.5) is 5.00 Å². The number of fused-ring (bicyclic) bond motifs is 1. The summed E-state index contributed by atoms with van der Waals surface area (Å²) in [5.41, 5.74) is 5.68. The zero-order valence-corrected chi connectivity index (χ0v) is 8.39. The molecule has 3 N–H and O–H groups in total. The predicted octanol–water partition coefficient (Wildman–Crippen LogP) is 2.23. The third kappa shape index (κ3) is 1.21. The van der Waals surface area contributed by atoms with Crippen molar-refractivity contribution in [2.24, 2.45) is 0 Å². The molecule has 2 rings (SSSR count). The van der Waals surface area contributed by atoms with Crippen molar-refractivity contribution in [3.63, 3.8) is 0 Å². The lowest BCUT2D eigenvalue weighted by molar-refractivity contribution is 0.0700. The zero-order valence-electron chi connectivity index (χ0n) is 6.82. The van der Waals surface area contributed by atoms with Gasteiger partial charge in [-0.25, -0.2) is 9.78 Å². The Labute approximate surface area is 87.9 Å². The number of aromatic carboxylic acids is 1. The Kier molecular flexibility index (Phi) is 2.05. The average molecular weight is 229 g/mol. The van der Waals surface area contributed by atoms with Gasteiger partial charge in [0.25, 0.3) is 0 Å². The van der Waals surface area contributed by atoms with Gasteiger partial charge < -0.3 is 10.8 Å². The number of anilines is 1.